The topological polar surface area (TPSA) is 21.3 Å². The lowest BCUT2D eigenvalue weighted by molar-refractivity contribution is 0.0116. The summed E-state index contributed by atoms with van der Waals surface area (Å²) in [6.45, 7) is 9.70. The van der Waals surface area contributed by atoms with E-state index in [4.69, 9.17) is 4.74 Å². The van der Waals surface area contributed by atoms with Crippen molar-refractivity contribution in [3.05, 3.63) is 35.4 Å². The molecule has 0 aliphatic carbocycles. The van der Waals surface area contributed by atoms with Gasteiger partial charge in [-0.2, -0.15) is 0 Å². The molecule has 0 bridgehead atoms. The molecule has 1 unspecified atom stereocenters. The number of hydrogen-bond acceptors (Lipinski definition) is 2. The number of ether oxygens (including phenoxy) is 1. The second kappa shape index (κ2) is 8.43. The Morgan fingerprint density at radius 3 is 2.60 bits per heavy atom. The van der Waals surface area contributed by atoms with Crippen LogP contribution in [-0.2, 0) is 11.2 Å². The van der Waals surface area contributed by atoms with Crippen molar-refractivity contribution in [2.45, 2.75) is 65.0 Å². The van der Waals surface area contributed by atoms with Gasteiger partial charge in [-0.1, -0.05) is 36.8 Å². The van der Waals surface area contributed by atoms with Gasteiger partial charge in [0.05, 0.1) is 5.60 Å². The van der Waals surface area contributed by atoms with Crippen molar-refractivity contribution in [1.82, 2.24) is 5.32 Å². The van der Waals surface area contributed by atoms with Crippen LogP contribution < -0.4 is 5.32 Å². The molecule has 0 spiro atoms. The van der Waals surface area contributed by atoms with Crippen molar-refractivity contribution in [2.24, 2.45) is 0 Å². The number of benzene rings is 1. The van der Waals surface area contributed by atoms with Gasteiger partial charge in [-0.25, -0.2) is 0 Å². The lowest BCUT2D eigenvalue weighted by atomic mass is 9.95. The first kappa shape index (κ1) is 17.2. The second-order valence-corrected chi connectivity index (χ2v) is 6.28. The van der Waals surface area contributed by atoms with Gasteiger partial charge in [-0.15, -0.1) is 0 Å². The normalized spacial score (nSPS) is 13.4. The van der Waals surface area contributed by atoms with E-state index in [9.17, 15) is 0 Å². The van der Waals surface area contributed by atoms with Gasteiger partial charge in [0.15, 0.2) is 0 Å². The van der Waals surface area contributed by atoms with E-state index in [-0.39, 0.29) is 5.60 Å². The van der Waals surface area contributed by atoms with Crippen molar-refractivity contribution in [2.75, 3.05) is 13.7 Å². The summed E-state index contributed by atoms with van der Waals surface area (Å²) in [6.07, 6.45) is 4.60. The minimum atomic E-state index is -0.0169. The fourth-order valence-electron chi connectivity index (χ4n) is 2.47. The molecule has 1 rings (SSSR count). The smallest absolute Gasteiger partial charge is 0.0623 e. The molecule has 0 aromatic heterocycles. The molecule has 114 valence electrons. The molecule has 0 saturated heterocycles. The molecular weight excluding hydrogens is 246 g/mol. The zero-order chi connectivity index (χ0) is 15.0. The lowest BCUT2D eigenvalue weighted by Gasteiger charge is -2.26. The van der Waals surface area contributed by atoms with Crippen molar-refractivity contribution < 1.29 is 4.74 Å². The number of aryl methyl sites for hydroxylation is 2. The van der Waals surface area contributed by atoms with Crippen LogP contribution in [0.5, 0.6) is 0 Å². The highest BCUT2D eigenvalue weighted by atomic mass is 16.5. The molecule has 0 saturated carbocycles. The van der Waals surface area contributed by atoms with E-state index in [1.165, 1.54) is 24.0 Å². The van der Waals surface area contributed by atoms with Crippen LogP contribution in [0.15, 0.2) is 24.3 Å². The molecule has 0 aliphatic heterocycles. The minimum absolute atomic E-state index is 0.0169. The van der Waals surface area contributed by atoms with Gasteiger partial charge in [0.2, 0.25) is 0 Å². The highest BCUT2D eigenvalue weighted by molar-refractivity contribution is 5.22. The van der Waals surface area contributed by atoms with Gasteiger partial charge in [0.25, 0.3) is 0 Å². The maximum atomic E-state index is 5.52. The second-order valence-electron chi connectivity index (χ2n) is 6.28. The molecule has 0 fully saturated rings. The maximum Gasteiger partial charge on any atom is 0.0623 e. The summed E-state index contributed by atoms with van der Waals surface area (Å²) in [5, 5.41) is 3.61. The summed E-state index contributed by atoms with van der Waals surface area (Å²) >= 11 is 0. The molecule has 0 amide bonds. The van der Waals surface area contributed by atoms with Gasteiger partial charge in [0, 0.05) is 13.2 Å². The Labute approximate surface area is 124 Å². The van der Waals surface area contributed by atoms with E-state index in [0.717, 1.165) is 19.4 Å². The highest BCUT2D eigenvalue weighted by Gasteiger charge is 2.18. The average Bonchev–Trinajstić information content (AvgIpc) is 2.42. The van der Waals surface area contributed by atoms with Crippen LogP contribution in [0.3, 0.4) is 0 Å². The van der Waals surface area contributed by atoms with Gasteiger partial charge in [0.1, 0.15) is 0 Å². The third-order valence-electron chi connectivity index (χ3n) is 4.00. The van der Waals surface area contributed by atoms with Gasteiger partial charge in [-0.3, -0.25) is 0 Å². The Hall–Kier alpha value is -0.860. The fraction of sp³-hybridized carbons (Fsp3) is 0.667. The number of hydrogen-bond donors (Lipinski definition) is 1. The molecule has 2 nitrogen and oxygen atoms in total. The Morgan fingerprint density at radius 2 is 2.00 bits per heavy atom. The van der Waals surface area contributed by atoms with Crippen molar-refractivity contribution in [1.29, 1.82) is 0 Å². The van der Waals surface area contributed by atoms with E-state index < -0.39 is 0 Å². The molecule has 2 heteroatoms. The molecule has 1 atom stereocenters. The maximum absolute atomic E-state index is 5.52. The summed E-state index contributed by atoms with van der Waals surface area (Å²) < 4.78 is 5.52. The molecule has 1 aromatic carbocycles. The third kappa shape index (κ3) is 6.53. The monoisotopic (exact) mass is 277 g/mol. The Balaban J connectivity index is 2.46. The summed E-state index contributed by atoms with van der Waals surface area (Å²) in [7, 11) is 1.80. The lowest BCUT2D eigenvalue weighted by Crippen LogP contribution is -2.33. The Kier molecular flexibility index (Phi) is 7.25. The SMILES string of the molecule is CCNC(CCc1cccc(C)c1)CCC(C)(C)OC. The Morgan fingerprint density at radius 1 is 1.25 bits per heavy atom. The van der Waals surface area contributed by atoms with Crippen molar-refractivity contribution >= 4 is 0 Å². The van der Waals surface area contributed by atoms with Gasteiger partial charge >= 0.3 is 0 Å². The van der Waals surface area contributed by atoms with Gasteiger partial charge < -0.3 is 10.1 Å². The predicted molar refractivity (Wildman–Crippen MR) is 87.3 cm³/mol. The molecular formula is C18H31NO. The quantitative estimate of drug-likeness (QED) is 0.733. The summed E-state index contributed by atoms with van der Waals surface area (Å²) in [5.74, 6) is 0. The zero-order valence-electron chi connectivity index (χ0n) is 13.8. The first-order chi connectivity index (χ1) is 9.46. The highest BCUT2D eigenvalue weighted by Crippen LogP contribution is 2.19. The van der Waals surface area contributed by atoms with E-state index in [2.05, 4.69) is 57.3 Å². The minimum Gasteiger partial charge on any atom is -0.379 e. The summed E-state index contributed by atoms with van der Waals surface area (Å²) in [5.41, 5.74) is 2.78. The average molecular weight is 277 g/mol. The standard InChI is InChI=1S/C18H31NO/c1-6-19-17(12-13-18(3,4)20-5)11-10-16-9-7-8-15(2)14-16/h7-9,14,17,19H,6,10-13H2,1-5H3. The number of rotatable bonds is 9. The van der Waals surface area contributed by atoms with Crippen LogP contribution in [0.4, 0.5) is 0 Å². The molecule has 0 heterocycles. The summed E-state index contributed by atoms with van der Waals surface area (Å²) in [4.78, 5) is 0. The predicted octanol–water partition coefficient (Wildman–Crippen LogP) is 4.11. The van der Waals surface area contributed by atoms with Crippen LogP contribution in [0.1, 0.15) is 51.2 Å². The zero-order valence-corrected chi connectivity index (χ0v) is 13.8. The molecule has 1 N–H and O–H groups in total. The third-order valence-corrected chi connectivity index (χ3v) is 4.00. The van der Waals surface area contributed by atoms with E-state index in [0.29, 0.717) is 6.04 Å². The van der Waals surface area contributed by atoms with E-state index >= 15 is 0 Å². The largest absolute Gasteiger partial charge is 0.379 e. The Bertz CT molecular complexity index is 387. The molecule has 20 heavy (non-hydrogen) atoms. The van der Waals surface area contributed by atoms with Crippen LogP contribution >= 0.6 is 0 Å². The first-order valence-electron chi connectivity index (χ1n) is 7.81. The van der Waals surface area contributed by atoms with Crippen molar-refractivity contribution in [3.8, 4) is 0 Å². The summed E-state index contributed by atoms with van der Waals surface area (Å²) in [6, 6.07) is 9.42. The molecule has 1 aromatic rings. The number of methoxy groups -OCH3 is 1. The van der Waals surface area contributed by atoms with Crippen molar-refractivity contribution in [3.63, 3.8) is 0 Å². The van der Waals surface area contributed by atoms with Crippen LogP contribution in [0.25, 0.3) is 0 Å². The van der Waals surface area contributed by atoms with Crippen LogP contribution in [-0.4, -0.2) is 25.3 Å². The van der Waals surface area contributed by atoms with E-state index in [1.54, 1.807) is 7.11 Å². The molecule has 0 aliphatic rings. The van der Waals surface area contributed by atoms with E-state index in [1.807, 2.05) is 0 Å². The first-order valence-corrected chi connectivity index (χ1v) is 7.81. The van der Waals surface area contributed by atoms with Gasteiger partial charge in [-0.05, 0) is 58.6 Å². The fourth-order valence-corrected chi connectivity index (χ4v) is 2.47. The van der Waals surface area contributed by atoms with Crippen LogP contribution in [0, 0.1) is 6.92 Å². The molecule has 0 radical (unpaired) electrons. The van der Waals surface area contributed by atoms with Crippen LogP contribution in [0.2, 0.25) is 0 Å². The number of nitrogens with one attached hydrogen (secondary N) is 1.